The summed E-state index contributed by atoms with van der Waals surface area (Å²) in [4.78, 5) is 28.6. The van der Waals surface area contributed by atoms with Gasteiger partial charge in [0.05, 0.1) is 16.5 Å². The SMILES string of the molecule is Cc1nc(NC(=O)NCC(C)C(=O)OC(C)(C)C)sc1-c1ccc(S(C)(=O)=O)c(F)c1. The number of benzene rings is 1. The van der Waals surface area contributed by atoms with Gasteiger partial charge in [-0.2, -0.15) is 0 Å². The summed E-state index contributed by atoms with van der Waals surface area (Å²) in [7, 11) is -3.67. The molecule has 2 aromatic rings. The average Bonchev–Trinajstić information content (AvgIpc) is 2.97. The topological polar surface area (TPSA) is 114 Å². The van der Waals surface area contributed by atoms with Gasteiger partial charge in [0, 0.05) is 12.8 Å². The molecule has 0 saturated carbocycles. The number of nitrogens with one attached hydrogen (secondary N) is 2. The van der Waals surface area contributed by atoms with Crippen molar-refractivity contribution in [2.75, 3.05) is 18.1 Å². The molecule has 8 nitrogen and oxygen atoms in total. The average molecular weight is 472 g/mol. The molecule has 0 spiro atoms. The summed E-state index contributed by atoms with van der Waals surface area (Å²) >= 11 is 1.12. The minimum absolute atomic E-state index is 0.0795. The summed E-state index contributed by atoms with van der Waals surface area (Å²) < 4.78 is 42.6. The predicted octanol–water partition coefficient (Wildman–Crippen LogP) is 3.76. The zero-order valence-corrected chi connectivity index (χ0v) is 19.8. The second-order valence-corrected chi connectivity index (χ2v) is 11.1. The Morgan fingerprint density at radius 3 is 2.48 bits per heavy atom. The van der Waals surface area contributed by atoms with Crippen molar-refractivity contribution in [3.8, 4) is 10.4 Å². The molecule has 11 heteroatoms. The van der Waals surface area contributed by atoms with E-state index in [1.807, 2.05) is 0 Å². The maximum Gasteiger partial charge on any atom is 0.321 e. The van der Waals surface area contributed by atoms with E-state index in [0.717, 1.165) is 23.7 Å². The van der Waals surface area contributed by atoms with Crippen molar-refractivity contribution < 1.29 is 27.1 Å². The van der Waals surface area contributed by atoms with E-state index in [9.17, 15) is 22.4 Å². The molecule has 0 bridgehead atoms. The van der Waals surface area contributed by atoms with Gasteiger partial charge in [-0.25, -0.2) is 22.6 Å². The van der Waals surface area contributed by atoms with E-state index in [0.29, 0.717) is 16.1 Å². The normalized spacial score (nSPS) is 12.9. The van der Waals surface area contributed by atoms with Gasteiger partial charge in [0.2, 0.25) is 0 Å². The second kappa shape index (κ2) is 9.31. The number of ether oxygens (including phenoxy) is 1. The van der Waals surface area contributed by atoms with E-state index >= 15 is 0 Å². The quantitative estimate of drug-likeness (QED) is 0.620. The molecule has 1 heterocycles. The van der Waals surface area contributed by atoms with Gasteiger partial charge >= 0.3 is 12.0 Å². The fraction of sp³-hybridized carbons (Fsp3) is 0.450. The van der Waals surface area contributed by atoms with E-state index in [1.165, 1.54) is 12.1 Å². The Bertz CT molecular complexity index is 1090. The molecule has 0 saturated heterocycles. The number of carbonyl (C=O) groups excluding carboxylic acids is 2. The molecule has 0 aliphatic carbocycles. The second-order valence-electron chi connectivity index (χ2n) is 8.12. The molecule has 1 aromatic heterocycles. The van der Waals surface area contributed by atoms with Crippen LogP contribution >= 0.6 is 11.3 Å². The van der Waals surface area contributed by atoms with Gasteiger partial charge in [0.25, 0.3) is 0 Å². The molecule has 0 aliphatic heterocycles. The predicted molar refractivity (Wildman–Crippen MR) is 117 cm³/mol. The highest BCUT2D eigenvalue weighted by Gasteiger charge is 2.22. The summed E-state index contributed by atoms with van der Waals surface area (Å²) in [6, 6.07) is 3.28. The van der Waals surface area contributed by atoms with E-state index in [2.05, 4.69) is 15.6 Å². The summed E-state index contributed by atoms with van der Waals surface area (Å²) in [5.41, 5.74) is 0.391. The third-order valence-corrected chi connectivity index (χ3v) is 6.24. The van der Waals surface area contributed by atoms with Crippen LogP contribution in [0.4, 0.5) is 14.3 Å². The largest absolute Gasteiger partial charge is 0.460 e. The van der Waals surface area contributed by atoms with Gasteiger partial charge in [-0.1, -0.05) is 24.3 Å². The van der Waals surface area contributed by atoms with Crippen molar-refractivity contribution in [3.63, 3.8) is 0 Å². The third-order valence-electron chi connectivity index (χ3n) is 3.99. The summed E-state index contributed by atoms with van der Waals surface area (Å²) in [5, 5.41) is 5.45. The number of nitrogens with zero attached hydrogens (tertiary/aromatic N) is 1. The highest BCUT2D eigenvalue weighted by molar-refractivity contribution is 7.90. The van der Waals surface area contributed by atoms with Crippen LogP contribution in [0.25, 0.3) is 10.4 Å². The zero-order valence-electron chi connectivity index (χ0n) is 18.2. The molecule has 31 heavy (non-hydrogen) atoms. The van der Waals surface area contributed by atoms with Crippen molar-refractivity contribution in [2.45, 2.75) is 45.1 Å². The third kappa shape index (κ3) is 7.00. The number of rotatable bonds is 6. The fourth-order valence-electron chi connectivity index (χ4n) is 2.53. The number of aromatic nitrogens is 1. The van der Waals surface area contributed by atoms with Crippen LogP contribution in [0, 0.1) is 18.7 Å². The van der Waals surface area contributed by atoms with Crippen LogP contribution in [-0.2, 0) is 19.4 Å². The molecule has 2 rings (SSSR count). The maximum atomic E-state index is 14.2. The van der Waals surface area contributed by atoms with Crippen LogP contribution in [0.2, 0.25) is 0 Å². The zero-order chi connectivity index (χ0) is 23.6. The lowest BCUT2D eigenvalue weighted by atomic mass is 10.1. The lowest BCUT2D eigenvalue weighted by Gasteiger charge is -2.22. The number of carbonyl (C=O) groups is 2. The molecule has 170 valence electrons. The van der Waals surface area contributed by atoms with E-state index < -0.39 is 39.2 Å². The van der Waals surface area contributed by atoms with Crippen LogP contribution in [0.1, 0.15) is 33.4 Å². The molecule has 0 aliphatic rings. The molecule has 2 N–H and O–H groups in total. The Balaban J connectivity index is 2.04. The number of aryl methyl sites for hydroxylation is 1. The van der Waals surface area contributed by atoms with Crippen LogP contribution in [0.15, 0.2) is 23.1 Å². The number of anilines is 1. The molecule has 1 unspecified atom stereocenters. The van der Waals surface area contributed by atoms with Crippen LogP contribution in [0.5, 0.6) is 0 Å². The summed E-state index contributed by atoms with van der Waals surface area (Å²) in [5.74, 6) is -1.80. The number of thiazole rings is 1. The molecular formula is C20H26FN3O5S2. The number of amides is 2. The van der Waals surface area contributed by atoms with Gasteiger partial charge < -0.3 is 10.1 Å². The first-order chi connectivity index (χ1) is 14.2. The standard InChI is InChI=1S/C20H26FN3O5S2/c1-11(17(25)29-20(3,4)5)10-22-18(26)24-19-23-12(2)16(30-19)13-7-8-15(14(21)9-13)31(6,27)28/h7-9,11H,10H2,1-6H3,(H2,22,23,24,26). The van der Waals surface area contributed by atoms with Crippen molar-refractivity contribution in [1.29, 1.82) is 0 Å². The first-order valence-corrected chi connectivity index (χ1v) is 12.1. The number of halogens is 1. The first kappa shape index (κ1) is 24.7. The molecule has 0 fully saturated rings. The van der Waals surface area contributed by atoms with E-state index in [4.69, 9.17) is 4.74 Å². The number of sulfone groups is 1. The fourth-order valence-corrected chi connectivity index (χ4v) is 4.22. The molecule has 0 radical (unpaired) electrons. The van der Waals surface area contributed by atoms with Crippen molar-refractivity contribution in [2.24, 2.45) is 5.92 Å². The Hall–Kier alpha value is -2.53. The number of esters is 1. The van der Waals surface area contributed by atoms with E-state index in [1.54, 1.807) is 34.6 Å². The minimum Gasteiger partial charge on any atom is -0.460 e. The van der Waals surface area contributed by atoms with Gasteiger partial charge in [-0.05, 0) is 45.4 Å². The van der Waals surface area contributed by atoms with Crippen LogP contribution < -0.4 is 10.6 Å². The monoisotopic (exact) mass is 471 g/mol. The molecule has 1 atom stereocenters. The molecular weight excluding hydrogens is 445 g/mol. The highest BCUT2D eigenvalue weighted by atomic mass is 32.2. The van der Waals surface area contributed by atoms with Crippen LogP contribution in [0.3, 0.4) is 0 Å². The number of hydrogen-bond acceptors (Lipinski definition) is 7. The maximum absolute atomic E-state index is 14.2. The Morgan fingerprint density at radius 1 is 1.29 bits per heavy atom. The summed E-state index contributed by atoms with van der Waals surface area (Å²) in [6.45, 7) is 8.72. The van der Waals surface area contributed by atoms with Crippen LogP contribution in [-0.4, -0.2) is 43.8 Å². The Kier molecular flexibility index (Phi) is 7.43. The van der Waals surface area contributed by atoms with Gasteiger partial charge in [0.1, 0.15) is 16.3 Å². The number of urea groups is 1. The smallest absolute Gasteiger partial charge is 0.321 e. The highest BCUT2D eigenvalue weighted by Crippen LogP contribution is 2.34. The van der Waals surface area contributed by atoms with Gasteiger partial charge in [-0.3, -0.25) is 10.1 Å². The Labute approximate surface area is 185 Å². The first-order valence-electron chi connectivity index (χ1n) is 9.42. The minimum atomic E-state index is -3.67. The van der Waals surface area contributed by atoms with Crippen molar-refractivity contribution >= 4 is 38.3 Å². The number of hydrogen-bond donors (Lipinski definition) is 2. The Morgan fingerprint density at radius 2 is 1.94 bits per heavy atom. The van der Waals surface area contributed by atoms with E-state index in [-0.39, 0.29) is 16.6 Å². The van der Waals surface area contributed by atoms with Crippen molar-refractivity contribution in [1.82, 2.24) is 10.3 Å². The summed E-state index contributed by atoms with van der Waals surface area (Å²) in [6.07, 6.45) is 0.938. The lowest BCUT2D eigenvalue weighted by Crippen LogP contribution is -2.37. The molecule has 2 amide bonds. The van der Waals surface area contributed by atoms with Crippen molar-refractivity contribution in [3.05, 3.63) is 29.7 Å². The lowest BCUT2D eigenvalue weighted by molar-refractivity contribution is -0.159. The van der Waals surface area contributed by atoms with Gasteiger partial charge in [-0.15, -0.1) is 0 Å². The molecule has 1 aromatic carbocycles. The van der Waals surface area contributed by atoms with Gasteiger partial charge in [0.15, 0.2) is 15.0 Å².